The van der Waals surface area contributed by atoms with Crippen LogP contribution in [-0.4, -0.2) is 54.3 Å². The Morgan fingerprint density at radius 2 is 1.61 bits per heavy atom. The van der Waals surface area contributed by atoms with Gasteiger partial charge in [-0.25, -0.2) is 0 Å². The zero-order valence-corrected chi connectivity index (χ0v) is 21.6. The molecular weight excluding hydrogens is 466 g/mol. The molecule has 5 nitrogen and oxygen atoms in total. The van der Waals surface area contributed by atoms with Crippen LogP contribution in [0.2, 0.25) is 0 Å². The number of carbonyl (C=O) groups excluding carboxylic acids is 2. The molecule has 0 aliphatic carbocycles. The molecule has 0 N–H and O–H groups in total. The van der Waals surface area contributed by atoms with Crippen LogP contribution in [0.15, 0.2) is 82.6 Å². The van der Waals surface area contributed by atoms with E-state index in [9.17, 15) is 9.59 Å². The van der Waals surface area contributed by atoms with Crippen LogP contribution in [0.4, 0.5) is 5.69 Å². The maximum atomic E-state index is 13.6. The molecule has 0 radical (unpaired) electrons. The number of rotatable bonds is 5. The number of likely N-dealkylation sites (N-methyl/N-ethyl adjacent to an activating group) is 1. The number of hydrogen-bond donors (Lipinski definition) is 0. The molecule has 3 aromatic carbocycles. The Hall–Kier alpha value is -3.35. The number of anilines is 1. The van der Waals surface area contributed by atoms with Gasteiger partial charge in [0, 0.05) is 36.6 Å². The summed E-state index contributed by atoms with van der Waals surface area (Å²) in [5.74, 6) is 0.0716. The number of para-hydroxylation sites is 1. The van der Waals surface area contributed by atoms with Crippen molar-refractivity contribution < 1.29 is 9.59 Å². The van der Waals surface area contributed by atoms with Crippen molar-refractivity contribution in [3.05, 3.63) is 100.0 Å². The zero-order chi connectivity index (χ0) is 25.1. The van der Waals surface area contributed by atoms with Gasteiger partial charge in [-0.2, -0.15) is 0 Å². The number of amides is 2. The summed E-state index contributed by atoms with van der Waals surface area (Å²) in [6.07, 6.45) is 1.93. The fourth-order valence-corrected chi connectivity index (χ4v) is 5.76. The highest BCUT2D eigenvalue weighted by molar-refractivity contribution is 8.04. The molecule has 5 rings (SSSR count). The van der Waals surface area contributed by atoms with E-state index in [2.05, 4.69) is 36.9 Å². The van der Waals surface area contributed by atoms with Gasteiger partial charge in [0.15, 0.2) is 0 Å². The maximum Gasteiger partial charge on any atom is 0.265 e. The van der Waals surface area contributed by atoms with Gasteiger partial charge in [0.05, 0.1) is 17.1 Å². The molecule has 1 fully saturated rings. The number of piperazine rings is 1. The maximum absolute atomic E-state index is 13.6. The van der Waals surface area contributed by atoms with E-state index in [4.69, 9.17) is 0 Å². The van der Waals surface area contributed by atoms with Crippen LogP contribution in [0, 0.1) is 6.92 Å². The van der Waals surface area contributed by atoms with Crippen molar-refractivity contribution in [1.82, 2.24) is 9.80 Å². The lowest BCUT2D eigenvalue weighted by molar-refractivity contribution is -0.114. The van der Waals surface area contributed by atoms with E-state index in [1.54, 1.807) is 0 Å². The van der Waals surface area contributed by atoms with Crippen LogP contribution < -0.4 is 4.90 Å². The average Bonchev–Trinajstić information content (AvgIpc) is 2.92. The average molecular weight is 498 g/mol. The van der Waals surface area contributed by atoms with E-state index in [1.807, 2.05) is 70.5 Å². The molecule has 0 atom stereocenters. The molecule has 3 aromatic rings. The van der Waals surface area contributed by atoms with Gasteiger partial charge in [-0.3, -0.25) is 9.59 Å². The second kappa shape index (κ2) is 10.7. The summed E-state index contributed by atoms with van der Waals surface area (Å²) < 4.78 is 0. The minimum absolute atomic E-state index is 0.00380. The fourth-order valence-electron chi connectivity index (χ4n) is 4.70. The van der Waals surface area contributed by atoms with Gasteiger partial charge in [0.2, 0.25) is 0 Å². The van der Waals surface area contributed by atoms with Crippen LogP contribution in [0.3, 0.4) is 0 Å². The molecule has 0 spiro atoms. The first-order valence-corrected chi connectivity index (χ1v) is 13.3. The summed E-state index contributed by atoms with van der Waals surface area (Å²) in [7, 11) is 0. The van der Waals surface area contributed by atoms with E-state index in [-0.39, 0.29) is 11.8 Å². The molecule has 0 aromatic heterocycles. The number of aryl methyl sites for hydroxylation is 1. The van der Waals surface area contributed by atoms with E-state index in [0.717, 1.165) is 54.4 Å². The lowest BCUT2D eigenvalue weighted by Crippen LogP contribution is -2.48. The highest BCUT2D eigenvalue weighted by Crippen LogP contribution is 2.42. The van der Waals surface area contributed by atoms with Crippen LogP contribution in [0.25, 0.3) is 6.08 Å². The Morgan fingerprint density at radius 3 is 2.33 bits per heavy atom. The summed E-state index contributed by atoms with van der Waals surface area (Å²) in [5.41, 5.74) is 4.85. The second-order valence-corrected chi connectivity index (χ2v) is 10.3. The summed E-state index contributed by atoms with van der Waals surface area (Å²) in [4.78, 5) is 34.5. The standard InChI is InChI=1S/C30H31N3O2S/c1-3-31-16-18-32(19-17-31)29(34)24-14-12-23(13-15-24)20-28-30(35)33(21-25-9-5-4-8-22(25)2)26-10-6-7-11-27(26)36-28/h4-15,20H,3,16-19,21H2,1-2H3. The summed E-state index contributed by atoms with van der Waals surface area (Å²) in [6, 6.07) is 23.9. The third kappa shape index (κ3) is 5.11. The molecule has 2 heterocycles. The predicted octanol–water partition coefficient (Wildman–Crippen LogP) is 5.45. The minimum Gasteiger partial charge on any atom is -0.336 e. The lowest BCUT2D eigenvalue weighted by Gasteiger charge is -2.34. The summed E-state index contributed by atoms with van der Waals surface area (Å²) in [5, 5.41) is 0. The van der Waals surface area contributed by atoms with Crippen LogP contribution in [-0.2, 0) is 11.3 Å². The normalized spacial score (nSPS) is 17.4. The van der Waals surface area contributed by atoms with Crippen LogP contribution >= 0.6 is 11.8 Å². The van der Waals surface area contributed by atoms with Crippen LogP contribution in [0.5, 0.6) is 0 Å². The van der Waals surface area contributed by atoms with E-state index < -0.39 is 0 Å². The highest BCUT2D eigenvalue weighted by Gasteiger charge is 2.29. The van der Waals surface area contributed by atoms with E-state index in [0.29, 0.717) is 17.0 Å². The Morgan fingerprint density at radius 1 is 0.917 bits per heavy atom. The molecule has 2 aliphatic heterocycles. The van der Waals surface area contributed by atoms with Crippen molar-refractivity contribution in [2.24, 2.45) is 0 Å². The quantitative estimate of drug-likeness (QED) is 0.440. The lowest BCUT2D eigenvalue weighted by atomic mass is 10.1. The monoisotopic (exact) mass is 497 g/mol. The molecule has 0 bridgehead atoms. The molecule has 0 saturated carbocycles. The van der Waals surface area contributed by atoms with Crippen LogP contribution in [0.1, 0.15) is 34.0 Å². The Kier molecular flexibility index (Phi) is 7.25. The number of thioether (sulfide) groups is 1. The van der Waals surface area contributed by atoms with Gasteiger partial charge in [-0.15, -0.1) is 0 Å². The zero-order valence-electron chi connectivity index (χ0n) is 20.8. The van der Waals surface area contributed by atoms with Crippen molar-refractivity contribution in [1.29, 1.82) is 0 Å². The molecule has 184 valence electrons. The van der Waals surface area contributed by atoms with Crippen molar-refractivity contribution in [3.63, 3.8) is 0 Å². The van der Waals surface area contributed by atoms with E-state index >= 15 is 0 Å². The summed E-state index contributed by atoms with van der Waals surface area (Å²) >= 11 is 1.50. The topological polar surface area (TPSA) is 43.9 Å². The molecule has 1 saturated heterocycles. The Balaban J connectivity index is 1.36. The SMILES string of the molecule is CCN1CCN(C(=O)c2ccc(C=C3Sc4ccccc4N(Cc4ccccc4C)C3=O)cc2)CC1. The van der Waals surface area contributed by atoms with Gasteiger partial charge in [-0.05, 0) is 60.5 Å². The molecule has 2 aliphatic rings. The van der Waals surface area contributed by atoms with Crippen molar-refractivity contribution >= 4 is 35.3 Å². The number of fused-ring (bicyclic) bond motifs is 1. The van der Waals surface area contributed by atoms with Crippen molar-refractivity contribution in [2.75, 3.05) is 37.6 Å². The Labute approximate surface area is 217 Å². The number of benzene rings is 3. The van der Waals surface area contributed by atoms with Gasteiger partial charge >= 0.3 is 0 Å². The summed E-state index contributed by atoms with van der Waals surface area (Å²) in [6.45, 7) is 9.15. The Bertz CT molecular complexity index is 1290. The minimum atomic E-state index is -0.00380. The molecular formula is C30H31N3O2S. The number of hydrogen-bond acceptors (Lipinski definition) is 4. The van der Waals surface area contributed by atoms with Crippen molar-refractivity contribution in [2.45, 2.75) is 25.3 Å². The molecule has 6 heteroatoms. The van der Waals surface area contributed by atoms with Gasteiger partial charge in [0.1, 0.15) is 0 Å². The first kappa shape index (κ1) is 24.3. The fraction of sp³-hybridized carbons (Fsp3) is 0.267. The number of carbonyl (C=O) groups is 2. The van der Waals surface area contributed by atoms with Gasteiger partial charge in [-0.1, -0.05) is 67.2 Å². The molecule has 2 amide bonds. The first-order chi connectivity index (χ1) is 17.5. The third-order valence-corrected chi connectivity index (χ3v) is 8.06. The smallest absolute Gasteiger partial charge is 0.265 e. The van der Waals surface area contributed by atoms with Gasteiger partial charge in [0.25, 0.3) is 11.8 Å². The highest BCUT2D eigenvalue weighted by atomic mass is 32.2. The second-order valence-electron chi connectivity index (χ2n) is 9.24. The first-order valence-electron chi connectivity index (χ1n) is 12.5. The predicted molar refractivity (Wildman–Crippen MR) is 147 cm³/mol. The van der Waals surface area contributed by atoms with E-state index in [1.165, 1.54) is 17.3 Å². The molecule has 36 heavy (non-hydrogen) atoms. The van der Waals surface area contributed by atoms with Crippen molar-refractivity contribution in [3.8, 4) is 0 Å². The van der Waals surface area contributed by atoms with Gasteiger partial charge < -0.3 is 14.7 Å². The number of nitrogens with zero attached hydrogens (tertiary/aromatic N) is 3. The largest absolute Gasteiger partial charge is 0.336 e. The third-order valence-electron chi connectivity index (χ3n) is 6.98. The molecule has 0 unspecified atom stereocenters.